The van der Waals surface area contributed by atoms with Crippen LogP contribution in [0.2, 0.25) is 0 Å². The van der Waals surface area contributed by atoms with Crippen molar-refractivity contribution in [2.24, 2.45) is 5.84 Å². The van der Waals surface area contributed by atoms with Crippen LogP contribution in [0.5, 0.6) is 0 Å². The van der Waals surface area contributed by atoms with Gasteiger partial charge in [0, 0.05) is 19.7 Å². The second-order valence-corrected chi connectivity index (χ2v) is 4.98. The maximum Gasteiger partial charge on any atom is 0.256 e. The van der Waals surface area contributed by atoms with E-state index in [0.717, 1.165) is 18.5 Å². The first-order valence-electron chi connectivity index (χ1n) is 6.60. The summed E-state index contributed by atoms with van der Waals surface area (Å²) in [6.07, 6.45) is 0.944. The van der Waals surface area contributed by atoms with Gasteiger partial charge in [0.25, 0.3) is 5.91 Å². The lowest BCUT2D eigenvalue weighted by Gasteiger charge is -2.23. The second-order valence-electron chi connectivity index (χ2n) is 4.98. The van der Waals surface area contributed by atoms with Crippen LogP contribution in [0.15, 0.2) is 18.2 Å². The van der Waals surface area contributed by atoms with E-state index in [4.69, 9.17) is 10.6 Å². The van der Waals surface area contributed by atoms with Gasteiger partial charge < -0.3 is 15.1 Å². The van der Waals surface area contributed by atoms with Gasteiger partial charge in [0.2, 0.25) is 0 Å². The Labute approximate surface area is 113 Å². The lowest BCUT2D eigenvalue weighted by atomic mass is 10.1. The lowest BCUT2D eigenvalue weighted by Crippen LogP contribution is -2.36. The Morgan fingerprint density at radius 2 is 2.32 bits per heavy atom. The van der Waals surface area contributed by atoms with Crippen LogP contribution >= 0.6 is 0 Å². The molecule has 1 aliphatic heterocycles. The highest BCUT2D eigenvalue weighted by Gasteiger charge is 2.22. The summed E-state index contributed by atoms with van der Waals surface area (Å²) < 4.78 is 5.56. The minimum Gasteiger partial charge on any atom is -0.377 e. The molecule has 3 N–H and O–H groups in total. The smallest absolute Gasteiger partial charge is 0.256 e. The Morgan fingerprint density at radius 1 is 1.53 bits per heavy atom. The number of nitrogens with one attached hydrogen (secondary N) is 1. The Kier molecular flexibility index (Phi) is 4.39. The monoisotopic (exact) mass is 263 g/mol. The first-order valence-corrected chi connectivity index (χ1v) is 6.60. The van der Waals surface area contributed by atoms with E-state index in [0.29, 0.717) is 24.4 Å². The van der Waals surface area contributed by atoms with Gasteiger partial charge in [0.1, 0.15) is 0 Å². The van der Waals surface area contributed by atoms with Crippen LogP contribution in [-0.2, 0) is 4.74 Å². The number of ether oxygens (including phenoxy) is 1. The molecule has 0 aromatic heterocycles. The van der Waals surface area contributed by atoms with Gasteiger partial charge in [-0.2, -0.15) is 0 Å². The molecule has 0 radical (unpaired) electrons. The predicted molar refractivity (Wildman–Crippen MR) is 74.9 cm³/mol. The number of nitrogen functional groups attached to an aromatic ring is 1. The quantitative estimate of drug-likeness (QED) is 0.627. The molecule has 0 aliphatic carbocycles. The van der Waals surface area contributed by atoms with E-state index < -0.39 is 0 Å². The standard InChI is InChI=1S/C14H21N3O2/c1-10-4-5-12(13(8-10)16-15)14(18)17-6-3-7-19-11(2)9-17/h4-5,8,11,16H,3,6-7,9,15H2,1-2H3. The Hall–Kier alpha value is -1.59. The van der Waals surface area contributed by atoms with Gasteiger partial charge in [-0.15, -0.1) is 0 Å². The van der Waals surface area contributed by atoms with Crippen molar-refractivity contribution in [3.63, 3.8) is 0 Å². The van der Waals surface area contributed by atoms with Gasteiger partial charge in [-0.05, 0) is 38.0 Å². The number of hydrogen-bond donors (Lipinski definition) is 2. The third kappa shape index (κ3) is 3.24. The maximum absolute atomic E-state index is 12.6. The minimum atomic E-state index is 0.00491. The number of nitrogens with zero attached hydrogens (tertiary/aromatic N) is 1. The number of rotatable bonds is 2. The van der Waals surface area contributed by atoms with E-state index in [1.54, 1.807) is 0 Å². The normalized spacial score (nSPS) is 19.9. The fraction of sp³-hybridized carbons (Fsp3) is 0.500. The summed E-state index contributed by atoms with van der Waals surface area (Å²) in [6, 6.07) is 5.63. The number of carbonyl (C=O) groups is 1. The molecule has 0 bridgehead atoms. The largest absolute Gasteiger partial charge is 0.377 e. The van der Waals surface area contributed by atoms with Crippen molar-refractivity contribution < 1.29 is 9.53 Å². The number of hydrazine groups is 1. The highest BCUT2D eigenvalue weighted by atomic mass is 16.5. The molecule has 1 aromatic rings. The molecule has 5 nitrogen and oxygen atoms in total. The molecule has 0 saturated carbocycles. The highest BCUT2D eigenvalue weighted by Crippen LogP contribution is 2.20. The van der Waals surface area contributed by atoms with Gasteiger partial charge >= 0.3 is 0 Å². The van der Waals surface area contributed by atoms with Gasteiger partial charge in [-0.3, -0.25) is 10.6 Å². The fourth-order valence-corrected chi connectivity index (χ4v) is 2.31. The van der Waals surface area contributed by atoms with Crippen LogP contribution in [-0.4, -0.2) is 36.6 Å². The molecule has 19 heavy (non-hydrogen) atoms. The average molecular weight is 263 g/mol. The number of nitrogens with two attached hydrogens (primary N) is 1. The average Bonchev–Trinajstić information content (AvgIpc) is 2.62. The molecule has 104 valence electrons. The third-order valence-corrected chi connectivity index (χ3v) is 3.30. The molecule has 0 spiro atoms. The van der Waals surface area contributed by atoms with Crippen LogP contribution in [0, 0.1) is 6.92 Å². The predicted octanol–water partition coefficient (Wildman–Crippen LogP) is 1.53. The topological polar surface area (TPSA) is 67.6 Å². The van der Waals surface area contributed by atoms with Gasteiger partial charge in [-0.25, -0.2) is 0 Å². The zero-order chi connectivity index (χ0) is 13.8. The first kappa shape index (κ1) is 13.8. The van der Waals surface area contributed by atoms with Crippen LogP contribution in [0.4, 0.5) is 5.69 Å². The van der Waals surface area contributed by atoms with Gasteiger partial charge in [-0.1, -0.05) is 6.07 Å². The molecule has 5 heteroatoms. The number of amides is 1. The van der Waals surface area contributed by atoms with Crippen molar-refractivity contribution in [2.75, 3.05) is 25.1 Å². The van der Waals surface area contributed by atoms with Crippen molar-refractivity contribution >= 4 is 11.6 Å². The Balaban J connectivity index is 2.23. The summed E-state index contributed by atoms with van der Waals surface area (Å²) in [5.41, 5.74) is 4.95. The molecule has 1 aromatic carbocycles. The number of aryl methyl sites for hydroxylation is 1. The van der Waals surface area contributed by atoms with Gasteiger partial charge in [0.15, 0.2) is 0 Å². The summed E-state index contributed by atoms with van der Waals surface area (Å²) in [7, 11) is 0. The van der Waals surface area contributed by atoms with E-state index in [1.807, 2.05) is 36.9 Å². The molecule has 1 fully saturated rings. The Bertz CT molecular complexity index is 462. The molecule has 2 rings (SSSR count). The van der Waals surface area contributed by atoms with E-state index in [9.17, 15) is 4.79 Å². The maximum atomic E-state index is 12.6. The van der Waals surface area contributed by atoms with E-state index in [-0.39, 0.29) is 12.0 Å². The van der Waals surface area contributed by atoms with Crippen molar-refractivity contribution in [3.8, 4) is 0 Å². The van der Waals surface area contributed by atoms with Crippen LogP contribution < -0.4 is 11.3 Å². The van der Waals surface area contributed by atoms with E-state index in [2.05, 4.69) is 5.43 Å². The zero-order valence-electron chi connectivity index (χ0n) is 11.5. The molecule has 1 unspecified atom stereocenters. The summed E-state index contributed by atoms with van der Waals surface area (Å²) in [4.78, 5) is 14.4. The number of benzene rings is 1. The van der Waals surface area contributed by atoms with E-state index >= 15 is 0 Å². The summed E-state index contributed by atoms with van der Waals surface area (Å²) >= 11 is 0. The fourth-order valence-electron chi connectivity index (χ4n) is 2.31. The number of anilines is 1. The molecule has 1 saturated heterocycles. The van der Waals surface area contributed by atoms with Crippen molar-refractivity contribution in [1.82, 2.24) is 4.90 Å². The molecular weight excluding hydrogens is 242 g/mol. The molecule has 1 atom stereocenters. The molecule has 1 amide bonds. The SMILES string of the molecule is Cc1ccc(C(=O)N2CCCOC(C)C2)c(NN)c1. The van der Waals surface area contributed by atoms with Crippen LogP contribution in [0.1, 0.15) is 29.3 Å². The third-order valence-electron chi connectivity index (χ3n) is 3.30. The zero-order valence-corrected chi connectivity index (χ0v) is 11.5. The second kappa shape index (κ2) is 6.04. The Morgan fingerprint density at radius 3 is 3.05 bits per heavy atom. The van der Waals surface area contributed by atoms with Gasteiger partial charge in [0.05, 0.1) is 17.4 Å². The first-order chi connectivity index (χ1) is 9.11. The van der Waals surface area contributed by atoms with Crippen molar-refractivity contribution in [3.05, 3.63) is 29.3 Å². The molecule has 1 heterocycles. The number of hydrogen-bond acceptors (Lipinski definition) is 4. The molecular formula is C14H21N3O2. The lowest BCUT2D eigenvalue weighted by molar-refractivity contribution is 0.0563. The highest BCUT2D eigenvalue weighted by molar-refractivity contribution is 5.99. The van der Waals surface area contributed by atoms with E-state index in [1.165, 1.54) is 0 Å². The number of carbonyl (C=O) groups excluding carboxylic acids is 1. The van der Waals surface area contributed by atoms with Crippen molar-refractivity contribution in [2.45, 2.75) is 26.4 Å². The van der Waals surface area contributed by atoms with Crippen LogP contribution in [0.3, 0.4) is 0 Å². The molecule has 1 aliphatic rings. The summed E-state index contributed by atoms with van der Waals surface area (Å²) in [6.45, 7) is 6.01. The minimum absolute atomic E-state index is 0.00491. The van der Waals surface area contributed by atoms with Crippen molar-refractivity contribution in [1.29, 1.82) is 0 Å². The summed E-state index contributed by atoms with van der Waals surface area (Å²) in [5, 5.41) is 0. The summed E-state index contributed by atoms with van der Waals surface area (Å²) in [5.74, 6) is 5.50. The van der Waals surface area contributed by atoms with Crippen LogP contribution in [0.25, 0.3) is 0 Å².